The molecule has 1 aliphatic heterocycles. The summed E-state index contributed by atoms with van der Waals surface area (Å²) in [5.41, 5.74) is 8.13. The zero-order valence-corrected chi connectivity index (χ0v) is 11.2. The Labute approximate surface area is 115 Å². The van der Waals surface area contributed by atoms with Gasteiger partial charge >= 0.3 is 0 Å². The third-order valence-electron chi connectivity index (χ3n) is 3.02. The van der Waals surface area contributed by atoms with E-state index in [2.05, 4.69) is 21.8 Å². The van der Waals surface area contributed by atoms with Gasteiger partial charge in [0.15, 0.2) is 5.96 Å². The first-order chi connectivity index (χ1) is 8.77. The van der Waals surface area contributed by atoms with E-state index in [1.807, 2.05) is 29.2 Å². The van der Waals surface area contributed by atoms with Crippen molar-refractivity contribution in [3.05, 3.63) is 51.7 Å². The smallest absolute Gasteiger partial charge is 0.196 e. The Balaban J connectivity index is 2.03. The lowest BCUT2D eigenvalue weighted by atomic mass is 10.1. The predicted molar refractivity (Wildman–Crippen MR) is 77.5 cm³/mol. The van der Waals surface area contributed by atoms with Crippen LogP contribution in [0.3, 0.4) is 0 Å². The van der Waals surface area contributed by atoms with Crippen LogP contribution in [0, 0.1) is 0 Å². The van der Waals surface area contributed by atoms with E-state index in [0.717, 1.165) is 5.69 Å². The maximum absolute atomic E-state index is 6.25. The molecular formula is C13H12ClN3S. The van der Waals surface area contributed by atoms with E-state index < -0.39 is 0 Å². The van der Waals surface area contributed by atoms with Gasteiger partial charge in [0.2, 0.25) is 0 Å². The number of aliphatic imine (C=N–C) groups is 1. The van der Waals surface area contributed by atoms with E-state index in [4.69, 9.17) is 17.3 Å². The highest BCUT2D eigenvalue weighted by atomic mass is 35.5. The third kappa shape index (κ3) is 1.87. The van der Waals surface area contributed by atoms with E-state index in [-0.39, 0.29) is 6.04 Å². The van der Waals surface area contributed by atoms with Gasteiger partial charge in [0.05, 0.1) is 23.3 Å². The monoisotopic (exact) mass is 277 g/mol. The minimum absolute atomic E-state index is 0.149. The number of nitrogens with zero attached hydrogens (tertiary/aromatic N) is 2. The van der Waals surface area contributed by atoms with Gasteiger partial charge in [-0.15, -0.1) is 0 Å². The highest BCUT2D eigenvalue weighted by molar-refractivity contribution is 7.08. The maximum Gasteiger partial charge on any atom is 0.196 e. The second-order valence-corrected chi connectivity index (χ2v) is 5.28. The molecule has 1 aliphatic rings. The minimum Gasteiger partial charge on any atom is -0.369 e. The zero-order chi connectivity index (χ0) is 12.5. The Bertz CT molecular complexity index is 580. The summed E-state index contributed by atoms with van der Waals surface area (Å²) < 4.78 is 0. The molecule has 0 bridgehead atoms. The molecule has 0 spiro atoms. The molecule has 1 aromatic heterocycles. The first kappa shape index (κ1) is 11.6. The molecule has 0 aliphatic carbocycles. The van der Waals surface area contributed by atoms with Crippen LogP contribution in [0.5, 0.6) is 0 Å². The summed E-state index contributed by atoms with van der Waals surface area (Å²) in [5.74, 6) is 0.527. The van der Waals surface area contributed by atoms with Gasteiger partial charge in [0.1, 0.15) is 0 Å². The number of rotatable bonds is 2. The molecule has 0 radical (unpaired) electrons. The summed E-state index contributed by atoms with van der Waals surface area (Å²) in [6.45, 7) is 0.674. The molecule has 1 atom stereocenters. The average molecular weight is 278 g/mol. The molecule has 18 heavy (non-hydrogen) atoms. The fourth-order valence-electron chi connectivity index (χ4n) is 2.15. The molecule has 5 heteroatoms. The molecule has 0 fully saturated rings. The Hall–Kier alpha value is -1.52. The van der Waals surface area contributed by atoms with Gasteiger partial charge < -0.3 is 10.6 Å². The van der Waals surface area contributed by atoms with Crippen LogP contribution in [0.1, 0.15) is 11.6 Å². The summed E-state index contributed by atoms with van der Waals surface area (Å²) in [5, 5.41) is 4.88. The molecule has 0 amide bonds. The standard InChI is InChI=1S/C13H12ClN3S/c14-10-3-1-2-4-11(10)17-12(7-16-13(17)15)9-5-6-18-8-9/h1-6,8,12H,7H2,(H2,15,16). The molecule has 0 saturated carbocycles. The lowest BCUT2D eigenvalue weighted by molar-refractivity contribution is 0.772. The number of para-hydroxylation sites is 1. The molecular weight excluding hydrogens is 266 g/mol. The van der Waals surface area contributed by atoms with Crippen LogP contribution < -0.4 is 10.6 Å². The van der Waals surface area contributed by atoms with Crippen molar-refractivity contribution >= 4 is 34.6 Å². The van der Waals surface area contributed by atoms with Gasteiger partial charge in [-0.3, -0.25) is 4.99 Å². The quantitative estimate of drug-likeness (QED) is 0.915. The summed E-state index contributed by atoms with van der Waals surface area (Å²) in [6, 6.07) is 9.96. The normalized spacial score (nSPS) is 19.1. The van der Waals surface area contributed by atoms with E-state index in [1.54, 1.807) is 11.3 Å². The highest BCUT2D eigenvalue weighted by Crippen LogP contribution is 2.35. The Morgan fingerprint density at radius 1 is 1.33 bits per heavy atom. The van der Waals surface area contributed by atoms with Crippen molar-refractivity contribution in [2.75, 3.05) is 11.4 Å². The lowest BCUT2D eigenvalue weighted by Gasteiger charge is -2.26. The molecule has 2 heterocycles. The molecule has 1 unspecified atom stereocenters. The molecule has 92 valence electrons. The molecule has 2 aromatic rings. The average Bonchev–Trinajstić information content (AvgIpc) is 2.99. The van der Waals surface area contributed by atoms with Crippen molar-refractivity contribution in [3.8, 4) is 0 Å². The zero-order valence-electron chi connectivity index (χ0n) is 9.58. The molecule has 1 aromatic carbocycles. The Kier molecular flexibility index (Phi) is 2.97. The van der Waals surface area contributed by atoms with E-state index in [0.29, 0.717) is 17.5 Å². The number of hydrogen-bond donors (Lipinski definition) is 1. The highest BCUT2D eigenvalue weighted by Gasteiger charge is 2.30. The fourth-order valence-corrected chi connectivity index (χ4v) is 3.09. The van der Waals surface area contributed by atoms with Crippen molar-refractivity contribution in [1.82, 2.24) is 0 Å². The van der Waals surface area contributed by atoms with Crippen molar-refractivity contribution in [2.45, 2.75) is 6.04 Å². The number of thiophene rings is 1. The van der Waals surface area contributed by atoms with Gasteiger partial charge in [-0.2, -0.15) is 11.3 Å². The molecule has 3 rings (SSSR count). The van der Waals surface area contributed by atoms with E-state index in [1.165, 1.54) is 5.56 Å². The molecule has 2 N–H and O–H groups in total. The summed E-state index contributed by atoms with van der Waals surface area (Å²) in [4.78, 5) is 6.34. The van der Waals surface area contributed by atoms with Crippen LogP contribution in [0.2, 0.25) is 5.02 Å². The second-order valence-electron chi connectivity index (χ2n) is 4.09. The number of benzene rings is 1. The predicted octanol–water partition coefficient (Wildman–Crippen LogP) is 3.28. The SMILES string of the molecule is NC1=NCC(c2ccsc2)N1c1ccccc1Cl. The van der Waals surface area contributed by atoms with Crippen molar-refractivity contribution < 1.29 is 0 Å². The second kappa shape index (κ2) is 4.63. The van der Waals surface area contributed by atoms with Crippen LogP contribution >= 0.6 is 22.9 Å². The first-order valence-electron chi connectivity index (χ1n) is 5.63. The minimum atomic E-state index is 0.149. The van der Waals surface area contributed by atoms with Crippen LogP contribution in [0.4, 0.5) is 5.69 Å². The van der Waals surface area contributed by atoms with Crippen LogP contribution in [0.15, 0.2) is 46.1 Å². The van der Waals surface area contributed by atoms with Gasteiger partial charge in [0, 0.05) is 0 Å². The summed E-state index contributed by atoms with van der Waals surface area (Å²) in [6.07, 6.45) is 0. The number of hydrogen-bond acceptors (Lipinski definition) is 4. The van der Waals surface area contributed by atoms with E-state index in [9.17, 15) is 0 Å². The van der Waals surface area contributed by atoms with Crippen molar-refractivity contribution in [3.63, 3.8) is 0 Å². The van der Waals surface area contributed by atoms with Crippen LogP contribution in [-0.4, -0.2) is 12.5 Å². The van der Waals surface area contributed by atoms with Crippen molar-refractivity contribution in [1.29, 1.82) is 0 Å². The third-order valence-corrected chi connectivity index (χ3v) is 4.05. The van der Waals surface area contributed by atoms with Gasteiger partial charge in [-0.25, -0.2) is 0 Å². The van der Waals surface area contributed by atoms with Crippen molar-refractivity contribution in [2.24, 2.45) is 10.7 Å². The fraction of sp³-hybridized carbons (Fsp3) is 0.154. The largest absolute Gasteiger partial charge is 0.369 e. The van der Waals surface area contributed by atoms with Gasteiger partial charge in [-0.05, 0) is 34.5 Å². The first-order valence-corrected chi connectivity index (χ1v) is 6.95. The van der Waals surface area contributed by atoms with Gasteiger partial charge in [-0.1, -0.05) is 23.7 Å². The Morgan fingerprint density at radius 3 is 2.89 bits per heavy atom. The van der Waals surface area contributed by atoms with Crippen LogP contribution in [-0.2, 0) is 0 Å². The number of guanidine groups is 1. The summed E-state index contributed by atoms with van der Waals surface area (Å²) >= 11 is 7.92. The molecule has 0 saturated heterocycles. The van der Waals surface area contributed by atoms with E-state index >= 15 is 0 Å². The number of nitrogens with two attached hydrogens (primary N) is 1. The maximum atomic E-state index is 6.25. The Morgan fingerprint density at radius 2 is 2.17 bits per heavy atom. The summed E-state index contributed by atoms with van der Waals surface area (Å²) in [7, 11) is 0. The topological polar surface area (TPSA) is 41.6 Å². The molecule has 3 nitrogen and oxygen atoms in total. The van der Waals surface area contributed by atoms with Crippen LogP contribution in [0.25, 0.3) is 0 Å². The number of anilines is 1. The van der Waals surface area contributed by atoms with Gasteiger partial charge in [0.25, 0.3) is 0 Å². The number of halogens is 1. The lowest BCUT2D eigenvalue weighted by Crippen LogP contribution is -2.36.